The highest BCUT2D eigenvalue weighted by molar-refractivity contribution is 6.01. The van der Waals surface area contributed by atoms with Gasteiger partial charge in [0.05, 0.1) is 12.0 Å². The minimum Gasteiger partial charge on any atom is -0.360 e. The van der Waals surface area contributed by atoms with Gasteiger partial charge in [0.1, 0.15) is 5.82 Å². The molecule has 0 aromatic heterocycles. The summed E-state index contributed by atoms with van der Waals surface area (Å²) in [6.45, 7) is 5.23. The Bertz CT molecular complexity index is 969. The van der Waals surface area contributed by atoms with Gasteiger partial charge >= 0.3 is 6.18 Å². The van der Waals surface area contributed by atoms with Crippen LogP contribution in [-0.4, -0.2) is 25.0 Å². The zero-order valence-corrected chi connectivity index (χ0v) is 18.4. The van der Waals surface area contributed by atoms with Crippen molar-refractivity contribution in [1.82, 2.24) is 16.0 Å². The van der Waals surface area contributed by atoms with Crippen LogP contribution in [0.5, 0.6) is 0 Å². The molecule has 2 aliphatic rings. The summed E-state index contributed by atoms with van der Waals surface area (Å²) in [6, 6.07) is 18.8. The lowest BCUT2D eigenvalue weighted by molar-refractivity contribution is -0.163. The predicted octanol–water partition coefficient (Wildman–Crippen LogP) is 5.28. The van der Waals surface area contributed by atoms with Crippen LogP contribution >= 0.6 is 0 Å². The Balaban J connectivity index is 1.80. The fourth-order valence-electron chi connectivity index (χ4n) is 4.66. The number of piperidine rings is 1. The highest BCUT2D eigenvalue weighted by atomic mass is 19.4. The smallest absolute Gasteiger partial charge is 0.360 e. The average Bonchev–Trinajstić information content (AvgIpc) is 2.83. The van der Waals surface area contributed by atoms with Crippen molar-refractivity contribution in [3.63, 3.8) is 0 Å². The van der Waals surface area contributed by atoms with Crippen LogP contribution in [0.15, 0.2) is 84.3 Å². The molecule has 1 fully saturated rings. The molecule has 0 bridgehead atoms. The van der Waals surface area contributed by atoms with E-state index in [-0.39, 0.29) is 35.5 Å². The average molecular weight is 455 g/mol. The largest absolute Gasteiger partial charge is 0.396 e. The molecule has 1 saturated heterocycles. The van der Waals surface area contributed by atoms with Crippen molar-refractivity contribution in [2.45, 2.75) is 31.5 Å². The number of hydrogen-bond donors (Lipinski definition) is 4. The van der Waals surface area contributed by atoms with Crippen LogP contribution in [-0.2, 0) is 0 Å². The van der Waals surface area contributed by atoms with E-state index in [1.807, 2.05) is 60.7 Å². The third kappa shape index (κ3) is 5.30. The van der Waals surface area contributed by atoms with E-state index in [0.717, 1.165) is 11.1 Å². The van der Waals surface area contributed by atoms with Crippen molar-refractivity contribution in [2.75, 3.05) is 13.1 Å². The van der Waals surface area contributed by atoms with Crippen LogP contribution in [0.3, 0.4) is 0 Å². The first-order valence-electron chi connectivity index (χ1n) is 11.3. The summed E-state index contributed by atoms with van der Waals surface area (Å²) in [5.41, 5.74) is 2.22. The first-order chi connectivity index (χ1) is 15.8. The van der Waals surface area contributed by atoms with Crippen molar-refractivity contribution in [3.05, 3.63) is 95.5 Å². The van der Waals surface area contributed by atoms with E-state index in [9.17, 15) is 13.2 Å². The molecule has 7 heteroatoms. The summed E-state index contributed by atoms with van der Waals surface area (Å²) in [4.78, 5) is 0. The fourth-order valence-corrected chi connectivity index (χ4v) is 4.66. The number of rotatable bonds is 6. The van der Waals surface area contributed by atoms with Crippen molar-refractivity contribution >= 4 is 5.71 Å². The molecule has 174 valence electrons. The lowest BCUT2D eigenvalue weighted by Gasteiger charge is -2.37. The summed E-state index contributed by atoms with van der Waals surface area (Å²) >= 11 is 0. The molecule has 1 atom stereocenters. The maximum absolute atomic E-state index is 14.2. The third-order valence-electron chi connectivity index (χ3n) is 6.36. The fraction of sp³-hybridized carbons (Fsp3) is 0.346. The molecular formula is C26H29F3N4. The lowest BCUT2D eigenvalue weighted by Crippen LogP contribution is -2.44. The van der Waals surface area contributed by atoms with E-state index in [2.05, 4.69) is 22.5 Å². The van der Waals surface area contributed by atoms with Crippen LogP contribution in [0.4, 0.5) is 13.2 Å². The molecule has 2 aromatic rings. The highest BCUT2D eigenvalue weighted by Gasteiger charge is 2.47. The molecule has 2 aliphatic heterocycles. The third-order valence-corrected chi connectivity index (χ3v) is 6.36. The second kappa shape index (κ2) is 9.83. The van der Waals surface area contributed by atoms with Gasteiger partial charge in [0, 0.05) is 29.3 Å². The second-order valence-corrected chi connectivity index (χ2v) is 8.65. The first kappa shape index (κ1) is 23.1. The van der Waals surface area contributed by atoms with Gasteiger partial charge in [-0.15, -0.1) is 0 Å². The summed E-state index contributed by atoms with van der Waals surface area (Å²) in [6.07, 6.45) is -3.43. The van der Waals surface area contributed by atoms with Gasteiger partial charge in [-0.05, 0) is 37.1 Å². The Kier molecular flexibility index (Phi) is 6.88. The molecule has 0 spiro atoms. The van der Waals surface area contributed by atoms with Crippen LogP contribution in [0.25, 0.3) is 0 Å². The van der Waals surface area contributed by atoms with E-state index in [4.69, 9.17) is 5.41 Å². The van der Waals surface area contributed by atoms with Gasteiger partial charge in [-0.1, -0.05) is 67.2 Å². The number of benzene rings is 2. The maximum Gasteiger partial charge on any atom is 0.396 e. The van der Waals surface area contributed by atoms with Crippen molar-refractivity contribution < 1.29 is 13.2 Å². The molecule has 2 aromatic carbocycles. The second-order valence-electron chi connectivity index (χ2n) is 8.65. The molecular weight excluding hydrogens is 425 g/mol. The quantitative estimate of drug-likeness (QED) is 0.449. The summed E-state index contributed by atoms with van der Waals surface area (Å²) < 4.78 is 42.6. The van der Waals surface area contributed by atoms with E-state index in [1.54, 1.807) is 0 Å². The Morgan fingerprint density at radius 1 is 0.970 bits per heavy atom. The van der Waals surface area contributed by atoms with Gasteiger partial charge in [0.25, 0.3) is 0 Å². The van der Waals surface area contributed by atoms with Crippen LogP contribution in [0, 0.1) is 17.2 Å². The monoisotopic (exact) mass is 454 g/mol. The van der Waals surface area contributed by atoms with E-state index in [0.29, 0.717) is 31.6 Å². The van der Waals surface area contributed by atoms with Gasteiger partial charge in [-0.2, -0.15) is 13.2 Å². The van der Waals surface area contributed by atoms with E-state index >= 15 is 0 Å². The zero-order chi connectivity index (χ0) is 23.4. The molecule has 4 nitrogen and oxygen atoms in total. The number of alkyl halides is 3. The number of allylic oxidation sites excluding steroid dienone is 2. The molecule has 4 rings (SSSR count). The molecule has 4 N–H and O–H groups in total. The summed E-state index contributed by atoms with van der Waals surface area (Å²) in [5.74, 6) is -1.74. The lowest BCUT2D eigenvalue weighted by atomic mass is 9.80. The standard InChI is InChI=1S/C26H29F3N4/c1-17-16-21(26(27,28)29)22(23(30)18-12-14-31-15-13-18)25(32-17)33-24(19-8-4-2-5-9-19)20-10-6-3-7-11-20/h2-11,18,21,24,30-33H,1,12-16H2. The normalized spacial score (nSPS) is 20.0. The van der Waals surface area contributed by atoms with Gasteiger partial charge in [-0.25, -0.2) is 0 Å². The highest BCUT2D eigenvalue weighted by Crippen LogP contribution is 2.42. The van der Waals surface area contributed by atoms with Gasteiger partial charge in [0.15, 0.2) is 0 Å². The number of halogens is 3. The first-order valence-corrected chi connectivity index (χ1v) is 11.3. The Morgan fingerprint density at radius 3 is 2.03 bits per heavy atom. The van der Waals surface area contributed by atoms with Crippen molar-refractivity contribution in [3.8, 4) is 0 Å². The van der Waals surface area contributed by atoms with Gasteiger partial charge in [-0.3, -0.25) is 0 Å². The molecule has 1 unspecified atom stereocenters. The van der Waals surface area contributed by atoms with E-state index in [1.165, 1.54) is 0 Å². The Labute approximate surface area is 192 Å². The van der Waals surface area contributed by atoms with Crippen LogP contribution in [0.1, 0.15) is 36.4 Å². The SMILES string of the molecule is C=C1CC(C(F)(F)F)C(C(=N)C2CCNCC2)=C(NC(c2ccccc2)c2ccccc2)N1. The van der Waals surface area contributed by atoms with Crippen LogP contribution < -0.4 is 16.0 Å². The predicted molar refractivity (Wildman–Crippen MR) is 125 cm³/mol. The topological polar surface area (TPSA) is 59.9 Å². The van der Waals surface area contributed by atoms with Crippen LogP contribution in [0.2, 0.25) is 0 Å². The van der Waals surface area contributed by atoms with Gasteiger partial charge < -0.3 is 21.4 Å². The van der Waals surface area contributed by atoms with Crippen molar-refractivity contribution in [1.29, 1.82) is 5.41 Å². The maximum atomic E-state index is 14.2. The Hall–Kier alpha value is -3.06. The molecule has 0 amide bonds. The summed E-state index contributed by atoms with van der Waals surface area (Å²) in [5, 5.41) is 18.5. The molecule has 33 heavy (non-hydrogen) atoms. The minimum absolute atomic E-state index is 0.0127. The number of nitrogens with one attached hydrogen (secondary N) is 4. The minimum atomic E-state index is -4.47. The zero-order valence-electron chi connectivity index (χ0n) is 18.4. The molecule has 0 saturated carbocycles. The Morgan fingerprint density at radius 2 is 1.52 bits per heavy atom. The van der Waals surface area contributed by atoms with Crippen molar-refractivity contribution in [2.24, 2.45) is 11.8 Å². The molecule has 0 aliphatic carbocycles. The van der Waals surface area contributed by atoms with E-state index < -0.39 is 12.1 Å². The summed E-state index contributed by atoms with van der Waals surface area (Å²) in [7, 11) is 0. The molecule has 2 heterocycles. The molecule has 0 radical (unpaired) electrons. The van der Waals surface area contributed by atoms with Gasteiger partial charge in [0.2, 0.25) is 0 Å². The number of hydrogen-bond acceptors (Lipinski definition) is 4.